The molecule has 0 atom stereocenters. The number of thioether (sulfide) groups is 1. The predicted molar refractivity (Wildman–Crippen MR) is 71.1 cm³/mol. The van der Waals surface area contributed by atoms with E-state index in [0.717, 1.165) is 6.54 Å². The molecule has 0 aromatic carbocycles. The maximum atomic E-state index is 5.21. The van der Waals surface area contributed by atoms with E-state index in [1.165, 1.54) is 17.0 Å². The number of rotatable bonds is 5. The van der Waals surface area contributed by atoms with Crippen LogP contribution in [0.2, 0.25) is 0 Å². The molecule has 0 saturated heterocycles. The smallest absolute Gasteiger partial charge is 0.105 e. The first-order valence-electron chi connectivity index (χ1n) is 5.47. The number of aromatic nitrogens is 1. The van der Waals surface area contributed by atoms with Crippen LogP contribution in [0.4, 0.5) is 0 Å². The molecule has 0 saturated carbocycles. The van der Waals surface area contributed by atoms with Gasteiger partial charge in [-0.25, -0.2) is 0 Å². The van der Waals surface area contributed by atoms with Crippen molar-refractivity contribution in [3.05, 3.63) is 30.7 Å². The third-order valence-corrected chi connectivity index (χ3v) is 3.24. The lowest BCUT2D eigenvalue weighted by atomic mass is 9.92. The summed E-state index contributed by atoms with van der Waals surface area (Å²) in [6, 6.07) is 4.39. The van der Waals surface area contributed by atoms with Crippen LogP contribution in [0.5, 0.6) is 0 Å². The van der Waals surface area contributed by atoms with Gasteiger partial charge in [-0.2, -0.15) is 0 Å². The average molecular weight is 239 g/mol. The fraction of sp³-hybridized carbons (Fsp3) is 0.538. The molecule has 1 rings (SSSR count). The summed E-state index contributed by atoms with van der Waals surface area (Å²) in [6.07, 6.45) is 3.60. The highest BCUT2D eigenvalue weighted by molar-refractivity contribution is 7.98. The Bertz CT molecular complexity index is 349. The second kappa shape index (κ2) is 5.48. The highest BCUT2D eigenvalue weighted by atomic mass is 32.2. The van der Waals surface area contributed by atoms with Crippen molar-refractivity contribution in [3.63, 3.8) is 0 Å². The van der Waals surface area contributed by atoms with Gasteiger partial charge in [0, 0.05) is 11.1 Å². The molecule has 0 fully saturated rings. The minimum absolute atomic E-state index is 0.169. The van der Waals surface area contributed by atoms with Gasteiger partial charge in [-0.05, 0) is 18.4 Å². The lowest BCUT2D eigenvalue weighted by Gasteiger charge is -2.22. The average Bonchev–Trinajstić information content (AvgIpc) is 2.60. The molecule has 0 aliphatic heterocycles. The van der Waals surface area contributed by atoms with Gasteiger partial charge in [0.05, 0.1) is 17.8 Å². The van der Waals surface area contributed by atoms with Crippen molar-refractivity contribution in [1.82, 2.24) is 4.57 Å². The normalized spacial score (nSPS) is 11.5. The summed E-state index contributed by atoms with van der Waals surface area (Å²) in [5.74, 6) is 0. The lowest BCUT2D eigenvalue weighted by molar-refractivity contribution is 0.230. The SMILES string of the molecule is C=COCCn1c(SC)ccc1C(C)(C)C. The first kappa shape index (κ1) is 13.2. The number of hydrogen-bond donors (Lipinski definition) is 0. The Morgan fingerprint density at radius 2 is 2.12 bits per heavy atom. The molecule has 0 N–H and O–H groups in total. The molecular formula is C13H21NOS. The molecule has 1 heterocycles. The topological polar surface area (TPSA) is 14.2 Å². The van der Waals surface area contributed by atoms with Gasteiger partial charge in [-0.15, -0.1) is 11.8 Å². The molecule has 0 aliphatic rings. The Balaban J connectivity index is 2.92. The standard InChI is InChI=1S/C13H21NOS/c1-6-15-10-9-14-11(13(2,3)4)7-8-12(14)16-5/h6-8H,1,9-10H2,2-5H3. The van der Waals surface area contributed by atoms with Crippen LogP contribution in [0.25, 0.3) is 0 Å². The third kappa shape index (κ3) is 3.08. The summed E-state index contributed by atoms with van der Waals surface area (Å²) in [4.78, 5) is 0. The molecule has 0 spiro atoms. The molecular weight excluding hydrogens is 218 g/mol. The summed E-state index contributed by atoms with van der Waals surface area (Å²) >= 11 is 1.77. The van der Waals surface area contributed by atoms with E-state index in [2.05, 4.69) is 50.3 Å². The van der Waals surface area contributed by atoms with E-state index in [0.29, 0.717) is 6.61 Å². The Kier molecular flexibility index (Phi) is 4.54. The molecule has 90 valence electrons. The highest BCUT2D eigenvalue weighted by Gasteiger charge is 2.19. The molecule has 16 heavy (non-hydrogen) atoms. The molecule has 0 amide bonds. The zero-order valence-electron chi connectivity index (χ0n) is 10.6. The zero-order valence-corrected chi connectivity index (χ0v) is 11.4. The maximum absolute atomic E-state index is 5.21. The fourth-order valence-corrected chi connectivity index (χ4v) is 2.35. The minimum Gasteiger partial charge on any atom is -0.500 e. The maximum Gasteiger partial charge on any atom is 0.105 e. The number of nitrogens with zero attached hydrogens (tertiary/aromatic N) is 1. The summed E-state index contributed by atoms with van der Waals surface area (Å²) in [5, 5.41) is 1.29. The van der Waals surface area contributed by atoms with Crippen LogP contribution in [0.1, 0.15) is 26.5 Å². The molecule has 1 aromatic rings. The first-order valence-corrected chi connectivity index (χ1v) is 6.69. The van der Waals surface area contributed by atoms with E-state index in [1.807, 2.05) is 0 Å². The van der Waals surface area contributed by atoms with Gasteiger partial charge in [0.2, 0.25) is 0 Å². The summed E-state index contributed by atoms with van der Waals surface area (Å²) < 4.78 is 7.54. The van der Waals surface area contributed by atoms with E-state index < -0.39 is 0 Å². The molecule has 0 unspecified atom stereocenters. The fourth-order valence-electron chi connectivity index (χ4n) is 1.74. The summed E-state index contributed by atoms with van der Waals surface area (Å²) in [7, 11) is 0. The van der Waals surface area contributed by atoms with Gasteiger partial charge in [0.25, 0.3) is 0 Å². The van der Waals surface area contributed by atoms with Gasteiger partial charge in [0.15, 0.2) is 0 Å². The molecule has 0 radical (unpaired) electrons. The van der Waals surface area contributed by atoms with Crippen molar-refractivity contribution in [3.8, 4) is 0 Å². The quantitative estimate of drug-likeness (QED) is 0.442. The van der Waals surface area contributed by atoms with Crippen LogP contribution < -0.4 is 0 Å². The summed E-state index contributed by atoms with van der Waals surface area (Å²) in [5.41, 5.74) is 1.52. The Morgan fingerprint density at radius 1 is 1.44 bits per heavy atom. The lowest BCUT2D eigenvalue weighted by Crippen LogP contribution is -2.19. The van der Waals surface area contributed by atoms with Crippen LogP contribution in [0.15, 0.2) is 30.0 Å². The van der Waals surface area contributed by atoms with Crippen molar-refractivity contribution in [2.45, 2.75) is 37.8 Å². The van der Waals surface area contributed by atoms with Crippen molar-refractivity contribution in [2.24, 2.45) is 0 Å². The Morgan fingerprint density at radius 3 is 2.62 bits per heavy atom. The first-order chi connectivity index (χ1) is 7.50. The summed E-state index contributed by atoms with van der Waals surface area (Å²) in [6.45, 7) is 11.8. The van der Waals surface area contributed by atoms with Gasteiger partial charge >= 0.3 is 0 Å². The van der Waals surface area contributed by atoms with Crippen LogP contribution in [-0.2, 0) is 16.7 Å². The largest absolute Gasteiger partial charge is 0.500 e. The van der Waals surface area contributed by atoms with Crippen molar-refractivity contribution >= 4 is 11.8 Å². The second-order valence-corrected chi connectivity index (χ2v) is 5.53. The molecule has 2 nitrogen and oxygen atoms in total. The van der Waals surface area contributed by atoms with Crippen molar-refractivity contribution in [2.75, 3.05) is 12.9 Å². The highest BCUT2D eigenvalue weighted by Crippen LogP contribution is 2.28. The molecule has 0 aliphatic carbocycles. The molecule has 3 heteroatoms. The van der Waals surface area contributed by atoms with Crippen LogP contribution in [0, 0.1) is 0 Å². The van der Waals surface area contributed by atoms with Crippen molar-refractivity contribution < 1.29 is 4.74 Å². The minimum atomic E-state index is 0.169. The molecule has 1 aromatic heterocycles. The predicted octanol–water partition coefficient (Wildman–Crippen LogP) is 3.67. The number of hydrogen-bond acceptors (Lipinski definition) is 2. The van der Waals surface area contributed by atoms with Crippen molar-refractivity contribution in [1.29, 1.82) is 0 Å². The third-order valence-electron chi connectivity index (χ3n) is 2.47. The van der Waals surface area contributed by atoms with Gasteiger partial charge in [-0.3, -0.25) is 0 Å². The van der Waals surface area contributed by atoms with E-state index in [4.69, 9.17) is 4.74 Å². The van der Waals surface area contributed by atoms with E-state index in [9.17, 15) is 0 Å². The van der Waals surface area contributed by atoms with Crippen LogP contribution in [0.3, 0.4) is 0 Å². The van der Waals surface area contributed by atoms with E-state index in [1.54, 1.807) is 11.8 Å². The van der Waals surface area contributed by atoms with Gasteiger partial charge < -0.3 is 9.30 Å². The monoisotopic (exact) mass is 239 g/mol. The van der Waals surface area contributed by atoms with Gasteiger partial charge in [-0.1, -0.05) is 27.4 Å². The molecule has 0 bridgehead atoms. The Labute approximate surface area is 103 Å². The Hall–Kier alpha value is -0.830. The van der Waals surface area contributed by atoms with Gasteiger partial charge in [0.1, 0.15) is 6.61 Å². The number of ether oxygens (including phenoxy) is 1. The van der Waals surface area contributed by atoms with E-state index in [-0.39, 0.29) is 5.41 Å². The van der Waals surface area contributed by atoms with E-state index >= 15 is 0 Å². The zero-order chi connectivity index (χ0) is 12.2. The van der Waals surface area contributed by atoms with Crippen LogP contribution >= 0.6 is 11.8 Å². The second-order valence-electron chi connectivity index (χ2n) is 4.70. The van der Waals surface area contributed by atoms with Crippen LogP contribution in [-0.4, -0.2) is 17.4 Å².